The summed E-state index contributed by atoms with van der Waals surface area (Å²) in [6.07, 6.45) is 2.35. The lowest BCUT2D eigenvalue weighted by molar-refractivity contribution is -0.118. The van der Waals surface area contributed by atoms with Gasteiger partial charge in [0.1, 0.15) is 4.99 Å². The molecule has 1 aliphatic heterocycles. The van der Waals surface area contributed by atoms with Gasteiger partial charge in [-0.15, -0.1) is 0 Å². The van der Waals surface area contributed by atoms with E-state index < -0.39 is 0 Å². The molecular weight excluding hydrogens is 384 g/mol. The Morgan fingerprint density at radius 2 is 1.79 bits per heavy atom. The maximum absolute atomic E-state index is 12.3. The SMILES string of the molecule is CCOc1cc(C(=S)N2CCCC2)ccc1OCC(=O)Nc1ccc(C)c(C)c1. The molecular formula is C23H28N2O3S. The second-order valence-electron chi connectivity index (χ2n) is 7.23. The van der Waals surface area contributed by atoms with Crippen LogP contribution in [-0.4, -0.2) is 42.1 Å². The Kier molecular flexibility index (Phi) is 7.09. The number of benzene rings is 2. The van der Waals surface area contributed by atoms with Gasteiger partial charge in [0.05, 0.1) is 6.61 Å². The fraction of sp³-hybridized carbons (Fsp3) is 0.391. The topological polar surface area (TPSA) is 50.8 Å². The zero-order chi connectivity index (χ0) is 20.8. The summed E-state index contributed by atoms with van der Waals surface area (Å²) < 4.78 is 11.5. The lowest BCUT2D eigenvalue weighted by atomic mass is 10.1. The molecule has 2 aromatic rings. The van der Waals surface area contributed by atoms with Crippen molar-refractivity contribution >= 4 is 28.8 Å². The van der Waals surface area contributed by atoms with Crippen molar-refractivity contribution in [2.24, 2.45) is 0 Å². The van der Waals surface area contributed by atoms with Crippen LogP contribution in [0.15, 0.2) is 36.4 Å². The van der Waals surface area contributed by atoms with E-state index in [4.69, 9.17) is 21.7 Å². The third-order valence-electron chi connectivity index (χ3n) is 5.03. The molecule has 0 radical (unpaired) electrons. The number of carbonyl (C=O) groups is 1. The second kappa shape index (κ2) is 9.74. The van der Waals surface area contributed by atoms with E-state index in [1.54, 1.807) is 0 Å². The third kappa shape index (κ3) is 5.48. The van der Waals surface area contributed by atoms with E-state index in [-0.39, 0.29) is 12.5 Å². The molecule has 5 nitrogen and oxygen atoms in total. The number of anilines is 1. The van der Waals surface area contributed by atoms with Gasteiger partial charge < -0.3 is 19.7 Å². The Labute approximate surface area is 178 Å². The highest BCUT2D eigenvalue weighted by Crippen LogP contribution is 2.30. The van der Waals surface area contributed by atoms with Crippen LogP contribution in [0.3, 0.4) is 0 Å². The van der Waals surface area contributed by atoms with Crippen molar-refractivity contribution in [3.63, 3.8) is 0 Å². The molecule has 29 heavy (non-hydrogen) atoms. The van der Waals surface area contributed by atoms with E-state index in [9.17, 15) is 4.79 Å². The Morgan fingerprint density at radius 1 is 1.03 bits per heavy atom. The Balaban J connectivity index is 1.65. The summed E-state index contributed by atoms with van der Waals surface area (Å²) in [7, 11) is 0. The molecule has 154 valence electrons. The van der Waals surface area contributed by atoms with E-state index in [0.29, 0.717) is 18.1 Å². The molecule has 1 amide bonds. The highest BCUT2D eigenvalue weighted by atomic mass is 32.1. The van der Waals surface area contributed by atoms with Crippen molar-refractivity contribution in [3.8, 4) is 11.5 Å². The average molecular weight is 413 g/mol. The fourth-order valence-electron chi connectivity index (χ4n) is 3.29. The number of carbonyl (C=O) groups excluding carboxylic acids is 1. The first kappa shape index (κ1) is 21.1. The highest BCUT2D eigenvalue weighted by molar-refractivity contribution is 7.80. The molecule has 0 spiro atoms. The number of ether oxygens (including phenoxy) is 2. The van der Waals surface area contributed by atoms with E-state index >= 15 is 0 Å². The molecule has 1 heterocycles. The van der Waals surface area contributed by atoms with Crippen molar-refractivity contribution in [1.82, 2.24) is 4.90 Å². The zero-order valence-corrected chi connectivity index (χ0v) is 18.1. The quantitative estimate of drug-likeness (QED) is 0.679. The molecule has 1 saturated heterocycles. The van der Waals surface area contributed by atoms with Crippen LogP contribution in [0.2, 0.25) is 0 Å². The maximum atomic E-state index is 12.3. The van der Waals surface area contributed by atoms with Gasteiger partial charge in [0, 0.05) is 24.3 Å². The van der Waals surface area contributed by atoms with E-state index in [2.05, 4.69) is 10.2 Å². The number of rotatable bonds is 7. The fourth-order valence-corrected chi connectivity index (χ4v) is 3.60. The van der Waals surface area contributed by atoms with Gasteiger partial charge in [-0.1, -0.05) is 18.3 Å². The molecule has 0 aliphatic carbocycles. The minimum absolute atomic E-state index is 0.0943. The van der Waals surface area contributed by atoms with Crippen LogP contribution in [0.4, 0.5) is 5.69 Å². The molecule has 1 aliphatic rings. The number of aryl methyl sites for hydroxylation is 2. The normalized spacial score (nSPS) is 13.3. The van der Waals surface area contributed by atoms with Gasteiger partial charge in [-0.05, 0) is 75.1 Å². The first-order chi connectivity index (χ1) is 14.0. The Bertz CT molecular complexity index is 892. The van der Waals surface area contributed by atoms with Crippen molar-refractivity contribution in [2.45, 2.75) is 33.6 Å². The smallest absolute Gasteiger partial charge is 0.262 e. The van der Waals surface area contributed by atoms with Crippen molar-refractivity contribution in [3.05, 3.63) is 53.1 Å². The van der Waals surface area contributed by atoms with E-state index in [1.165, 1.54) is 18.4 Å². The van der Waals surface area contributed by atoms with Gasteiger partial charge in [-0.3, -0.25) is 4.79 Å². The molecule has 2 aromatic carbocycles. The van der Waals surface area contributed by atoms with Gasteiger partial charge in [-0.25, -0.2) is 0 Å². The van der Waals surface area contributed by atoms with Crippen molar-refractivity contribution in [1.29, 1.82) is 0 Å². The molecule has 0 atom stereocenters. The number of nitrogens with zero attached hydrogens (tertiary/aromatic N) is 1. The molecule has 0 aromatic heterocycles. The van der Waals surface area contributed by atoms with Crippen LogP contribution in [0, 0.1) is 13.8 Å². The van der Waals surface area contributed by atoms with Crippen LogP contribution < -0.4 is 14.8 Å². The lowest BCUT2D eigenvalue weighted by Crippen LogP contribution is -2.26. The molecule has 0 saturated carbocycles. The minimum atomic E-state index is -0.215. The van der Waals surface area contributed by atoms with Crippen LogP contribution in [0.25, 0.3) is 0 Å². The first-order valence-electron chi connectivity index (χ1n) is 10.0. The Hall–Kier alpha value is -2.60. The lowest BCUT2D eigenvalue weighted by Gasteiger charge is -2.20. The van der Waals surface area contributed by atoms with Gasteiger partial charge in [0.15, 0.2) is 18.1 Å². The summed E-state index contributed by atoms with van der Waals surface area (Å²) in [5.41, 5.74) is 4.02. The molecule has 0 bridgehead atoms. The third-order valence-corrected chi connectivity index (χ3v) is 5.53. The summed E-state index contributed by atoms with van der Waals surface area (Å²) >= 11 is 5.63. The first-order valence-corrected chi connectivity index (χ1v) is 10.4. The number of thiocarbonyl (C=S) groups is 1. The summed E-state index contributed by atoms with van der Waals surface area (Å²) in [6, 6.07) is 11.5. The monoisotopic (exact) mass is 412 g/mol. The largest absolute Gasteiger partial charge is 0.490 e. The van der Waals surface area contributed by atoms with Crippen LogP contribution in [0.1, 0.15) is 36.5 Å². The molecule has 1 fully saturated rings. The number of hydrogen-bond donors (Lipinski definition) is 1. The highest BCUT2D eigenvalue weighted by Gasteiger charge is 2.18. The second-order valence-corrected chi connectivity index (χ2v) is 7.62. The van der Waals surface area contributed by atoms with Gasteiger partial charge in [0.25, 0.3) is 5.91 Å². The van der Waals surface area contributed by atoms with Gasteiger partial charge >= 0.3 is 0 Å². The van der Waals surface area contributed by atoms with Gasteiger partial charge in [-0.2, -0.15) is 0 Å². The van der Waals surface area contributed by atoms with Gasteiger partial charge in [0.2, 0.25) is 0 Å². The Morgan fingerprint density at radius 3 is 2.48 bits per heavy atom. The zero-order valence-electron chi connectivity index (χ0n) is 17.3. The molecule has 3 rings (SSSR count). The molecule has 1 N–H and O–H groups in total. The number of nitrogens with one attached hydrogen (secondary N) is 1. The summed E-state index contributed by atoms with van der Waals surface area (Å²) in [5.74, 6) is 0.924. The summed E-state index contributed by atoms with van der Waals surface area (Å²) in [4.78, 5) is 15.4. The van der Waals surface area contributed by atoms with Crippen molar-refractivity contribution in [2.75, 3.05) is 31.6 Å². The predicted molar refractivity (Wildman–Crippen MR) is 120 cm³/mol. The number of likely N-dealkylation sites (tertiary alicyclic amines) is 1. The van der Waals surface area contributed by atoms with Crippen LogP contribution >= 0.6 is 12.2 Å². The van der Waals surface area contributed by atoms with E-state index in [0.717, 1.165) is 34.9 Å². The number of amides is 1. The standard InChI is InChI=1S/C23H28N2O3S/c1-4-27-21-14-18(23(29)25-11-5-6-12-25)8-10-20(21)28-15-22(26)24-19-9-7-16(2)17(3)13-19/h7-10,13-14H,4-6,11-12,15H2,1-3H3,(H,24,26). The molecule has 0 unspecified atom stereocenters. The van der Waals surface area contributed by atoms with E-state index in [1.807, 2.05) is 57.2 Å². The molecule has 6 heteroatoms. The maximum Gasteiger partial charge on any atom is 0.262 e. The predicted octanol–water partition coefficient (Wildman–Crippen LogP) is 4.49. The summed E-state index contributed by atoms with van der Waals surface area (Å²) in [5, 5.41) is 2.87. The minimum Gasteiger partial charge on any atom is -0.490 e. The number of hydrogen-bond acceptors (Lipinski definition) is 4. The summed E-state index contributed by atoms with van der Waals surface area (Å²) in [6.45, 7) is 8.39. The average Bonchev–Trinajstić information content (AvgIpc) is 3.24. The van der Waals surface area contributed by atoms with Crippen LogP contribution in [-0.2, 0) is 4.79 Å². The van der Waals surface area contributed by atoms with Crippen molar-refractivity contribution < 1.29 is 14.3 Å². The van der Waals surface area contributed by atoms with Crippen LogP contribution in [0.5, 0.6) is 11.5 Å².